The number of nitrogens with zero attached hydrogens (tertiary/aromatic N) is 2. The third-order valence-electron chi connectivity index (χ3n) is 2.67. The lowest BCUT2D eigenvalue weighted by atomic mass is 10.2. The van der Waals surface area contributed by atoms with Gasteiger partial charge in [0, 0.05) is 24.2 Å². The van der Waals surface area contributed by atoms with E-state index in [1.807, 2.05) is 20.8 Å². The molecule has 0 fully saturated rings. The highest BCUT2D eigenvalue weighted by atomic mass is 35.5. The maximum atomic E-state index is 11.6. The molecule has 19 heavy (non-hydrogen) atoms. The summed E-state index contributed by atoms with van der Waals surface area (Å²) in [4.78, 5) is 11.6. The highest BCUT2D eigenvalue weighted by Gasteiger charge is 2.10. The zero-order valence-electron chi connectivity index (χ0n) is 12.0. The molecular weight excluding hydrogens is 262 g/mol. The lowest BCUT2D eigenvalue weighted by Crippen LogP contribution is -2.28. The Hall–Kier alpha value is -1.29. The van der Waals surface area contributed by atoms with E-state index in [2.05, 4.69) is 17.3 Å². The van der Waals surface area contributed by atoms with Gasteiger partial charge in [-0.2, -0.15) is 5.10 Å². The van der Waals surface area contributed by atoms with E-state index in [0.717, 1.165) is 30.6 Å². The maximum absolute atomic E-state index is 11.6. The van der Waals surface area contributed by atoms with Gasteiger partial charge in [0.25, 0.3) is 0 Å². The second-order valence-electron chi connectivity index (χ2n) is 4.86. The lowest BCUT2D eigenvalue weighted by molar-refractivity contribution is -0.116. The Morgan fingerprint density at radius 1 is 1.53 bits per heavy atom. The molecule has 1 N–H and O–H groups in total. The van der Waals surface area contributed by atoms with Gasteiger partial charge in [-0.3, -0.25) is 9.48 Å². The summed E-state index contributed by atoms with van der Waals surface area (Å²) in [5.41, 5.74) is 1.66. The third-order valence-corrected chi connectivity index (χ3v) is 3.06. The van der Waals surface area contributed by atoms with Crippen molar-refractivity contribution < 1.29 is 4.79 Å². The van der Waals surface area contributed by atoms with Crippen LogP contribution in [-0.2, 0) is 11.3 Å². The van der Waals surface area contributed by atoms with Crippen molar-refractivity contribution in [3.8, 4) is 0 Å². The molecule has 1 aromatic heterocycles. The second kappa shape index (κ2) is 7.34. The van der Waals surface area contributed by atoms with Crippen LogP contribution in [0.5, 0.6) is 0 Å². The molecule has 0 radical (unpaired) electrons. The number of aromatic nitrogens is 2. The Kier molecular flexibility index (Phi) is 6.09. The number of halogens is 1. The van der Waals surface area contributed by atoms with Gasteiger partial charge in [0.05, 0.1) is 5.69 Å². The Morgan fingerprint density at radius 2 is 2.21 bits per heavy atom. The van der Waals surface area contributed by atoms with Crippen molar-refractivity contribution in [3.05, 3.63) is 22.5 Å². The fraction of sp³-hybridized carbons (Fsp3) is 0.571. The molecule has 0 bridgehead atoms. The van der Waals surface area contributed by atoms with E-state index in [9.17, 15) is 4.79 Å². The monoisotopic (exact) mass is 283 g/mol. The molecule has 0 aliphatic rings. The molecule has 4 nitrogen and oxygen atoms in total. The van der Waals surface area contributed by atoms with Crippen LogP contribution in [-0.4, -0.2) is 21.7 Å². The topological polar surface area (TPSA) is 46.9 Å². The molecular formula is C14H22ClN3O. The summed E-state index contributed by atoms with van der Waals surface area (Å²) >= 11 is 6.27. The molecule has 0 aromatic carbocycles. The van der Waals surface area contributed by atoms with Crippen LogP contribution in [0.25, 0.3) is 6.08 Å². The van der Waals surface area contributed by atoms with Gasteiger partial charge in [0.2, 0.25) is 5.91 Å². The number of nitrogens with one attached hydrogen (secondary N) is 1. The van der Waals surface area contributed by atoms with E-state index >= 15 is 0 Å². The van der Waals surface area contributed by atoms with Crippen LogP contribution in [0.15, 0.2) is 6.08 Å². The molecule has 0 saturated carbocycles. The van der Waals surface area contributed by atoms with Crippen molar-refractivity contribution in [2.75, 3.05) is 0 Å². The maximum Gasteiger partial charge on any atom is 0.244 e. The van der Waals surface area contributed by atoms with Crippen LogP contribution in [0, 0.1) is 6.92 Å². The minimum atomic E-state index is -0.119. The first kappa shape index (κ1) is 15.8. The van der Waals surface area contributed by atoms with Gasteiger partial charge in [0.15, 0.2) is 0 Å². The van der Waals surface area contributed by atoms with Gasteiger partial charge in [-0.25, -0.2) is 0 Å². The van der Waals surface area contributed by atoms with Crippen LogP contribution in [0.1, 0.15) is 44.9 Å². The summed E-state index contributed by atoms with van der Waals surface area (Å²) in [5.74, 6) is -0.119. The number of aryl methyl sites for hydroxylation is 2. The minimum Gasteiger partial charge on any atom is -0.350 e. The van der Waals surface area contributed by atoms with E-state index in [1.54, 1.807) is 10.8 Å². The Labute approximate surface area is 119 Å². The number of hydrogen-bond donors (Lipinski definition) is 1. The van der Waals surface area contributed by atoms with Crippen molar-refractivity contribution in [3.63, 3.8) is 0 Å². The predicted molar refractivity (Wildman–Crippen MR) is 79.2 cm³/mol. The lowest BCUT2D eigenvalue weighted by Gasteiger charge is -2.04. The van der Waals surface area contributed by atoms with Crippen LogP contribution in [0.4, 0.5) is 0 Å². The first-order valence-electron chi connectivity index (χ1n) is 6.67. The number of hydrogen-bond acceptors (Lipinski definition) is 2. The van der Waals surface area contributed by atoms with E-state index in [4.69, 9.17) is 11.6 Å². The fourth-order valence-corrected chi connectivity index (χ4v) is 2.03. The Morgan fingerprint density at radius 3 is 2.79 bits per heavy atom. The molecule has 1 heterocycles. The summed E-state index contributed by atoms with van der Waals surface area (Å²) in [5, 5.41) is 7.78. The summed E-state index contributed by atoms with van der Waals surface area (Å²) in [6.07, 6.45) is 5.36. The van der Waals surface area contributed by atoms with Crippen LogP contribution in [0.2, 0.25) is 5.15 Å². The largest absolute Gasteiger partial charge is 0.350 e. The van der Waals surface area contributed by atoms with Crippen molar-refractivity contribution in [1.82, 2.24) is 15.1 Å². The minimum absolute atomic E-state index is 0.119. The Bertz CT molecular complexity index is 464. The normalized spacial score (nSPS) is 11.5. The average Bonchev–Trinajstić information content (AvgIpc) is 2.58. The van der Waals surface area contributed by atoms with Crippen LogP contribution in [0.3, 0.4) is 0 Å². The first-order chi connectivity index (χ1) is 8.95. The fourth-order valence-electron chi connectivity index (χ4n) is 1.70. The molecule has 0 atom stereocenters. The molecule has 1 amide bonds. The van der Waals surface area contributed by atoms with E-state index in [1.165, 1.54) is 6.08 Å². The molecule has 1 aromatic rings. The van der Waals surface area contributed by atoms with Gasteiger partial charge in [-0.05, 0) is 33.3 Å². The number of rotatable bonds is 6. The average molecular weight is 284 g/mol. The molecule has 0 unspecified atom stereocenters. The summed E-state index contributed by atoms with van der Waals surface area (Å²) in [6, 6.07) is 0.126. The Balaban J connectivity index is 2.80. The van der Waals surface area contributed by atoms with E-state index in [0.29, 0.717) is 5.15 Å². The van der Waals surface area contributed by atoms with Crippen LogP contribution < -0.4 is 5.32 Å². The van der Waals surface area contributed by atoms with Crippen LogP contribution >= 0.6 is 11.6 Å². The standard InChI is InChI=1S/C14H22ClN3O/c1-5-6-9-18-14(15)12(11(4)17-18)7-8-13(19)16-10(2)3/h7-8,10H,5-6,9H2,1-4H3,(H,16,19)/b8-7+. The van der Waals surface area contributed by atoms with Gasteiger partial charge >= 0.3 is 0 Å². The quantitative estimate of drug-likeness (QED) is 0.815. The SMILES string of the molecule is CCCCn1nc(C)c(/C=C/C(=O)NC(C)C)c1Cl. The third kappa shape index (κ3) is 4.71. The summed E-state index contributed by atoms with van der Waals surface area (Å²) in [7, 11) is 0. The smallest absolute Gasteiger partial charge is 0.244 e. The first-order valence-corrected chi connectivity index (χ1v) is 7.05. The molecule has 0 spiro atoms. The number of carbonyl (C=O) groups excluding carboxylic acids is 1. The number of amides is 1. The molecule has 0 aliphatic heterocycles. The van der Waals surface area contributed by atoms with Crippen molar-refractivity contribution >= 4 is 23.6 Å². The zero-order chi connectivity index (χ0) is 14.4. The van der Waals surface area contributed by atoms with Gasteiger partial charge < -0.3 is 5.32 Å². The van der Waals surface area contributed by atoms with E-state index < -0.39 is 0 Å². The number of unbranched alkanes of at least 4 members (excludes halogenated alkanes) is 1. The highest BCUT2D eigenvalue weighted by Crippen LogP contribution is 2.21. The molecule has 1 rings (SSSR count). The summed E-state index contributed by atoms with van der Waals surface area (Å²) in [6.45, 7) is 8.68. The summed E-state index contributed by atoms with van der Waals surface area (Å²) < 4.78 is 1.79. The highest BCUT2D eigenvalue weighted by molar-refractivity contribution is 6.31. The molecule has 5 heteroatoms. The van der Waals surface area contributed by atoms with Gasteiger partial charge in [-0.15, -0.1) is 0 Å². The predicted octanol–water partition coefficient (Wildman–Crippen LogP) is 3.18. The van der Waals surface area contributed by atoms with Gasteiger partial charge in [-0.1, -0.05) is 24.9 Å². The zero-order valence-corrected chi connectivity index (χ0v) is 12.8. The number of carbonyl (C=O) groups is 1. The second-order valence-corrected chi connectivity index (χ2v) is 5.22. The van der Waals surface area contributed by atoms with Gasteiger partial charge in [0.1, 0.15) is 5.15 Å². The van der Waals surface area contributed by atoms with Crippen molar-refractivity contribution in [1.29, 1.82) is 0 Å². The van der Waals surface area contributed by atoms with Crippen molar-refractivity contribution in [2.24, 2.45) is 0 Å². The molecule has 0 aliphatic carbocycles. The van der Waals surface area contributed by atoms with Crippen molar-refractivity contribution in [2.45, 2.75) is 53.1 Å². The molecule has 106 valence electrons. The molecule has 0 saturated heterocycles. The van der Waals surface area contributed by atoms with E-state index in [-0.39, 0.29) is 11.9 Å².